The van der Waals surface area contributed by atoms with Crippen LogP contribution in [0, 0.1) is 11.8 Å². The Hall–Kier alpha value is -2.35. The van der Waals surface area contributed by atoms with Crippen molar-refractivity contribution in [2.24, 2.45) is 11.8 Å². The van der Waals surface area contributed by atoms with Gasteiger partial charge in [0.2, 0.25) is 5.91 Å². The van der Waals surface area contributed by atoms with E-state index in [-0.39, 0.29) is 11.8 Å². The number of alkyl halides is 3. The number of carbonyl (C=O) groups excluding carboxylic acids is 1. The van der Waals surface area contributed by atoms with Gasteiger partial charge in [-0.2, -0.15) is 13.2 Å². The predicted octanol–water partition coefficient (Wildman–Crippen LogP) is 4.33. The van der Waals surface area contributed by atoms with E-state index >= 15 is 0 Å². The van der Waals surface area contributed by atoms with Crippen molar-refractivity contribution >= 4 is 22.5 Å². The summed E-state index contributed by atoms with van der Waals surface area (Å²) in [6.07, 6.45) is 0.854. The number of fused-ring (bicyclic) bond motifs is 1. The molecule has 2 aromatic rings. The number of carbonyl (C=O) groups is 1. The molecule has 30 heavy (non-hydrogen) atoms. The molecule has 5 nitrogen and oxygen atoms in total. The Bertz CT molecular complexity index is 889. The number of pyridine rings is 1. The number of ether oxygens (including phenoxy) is 1. The Balaban J connectivity index is 1.33. The van der Waals surface area contributed by atoms with Crippen LogP contribution in [0.25, 0.3) is 10.9 Å². The second kappa shape index (κ2) is 8.79. The lowest BCUT2D eigenvalue weighted by molar-refractivity contribution is -0.141. The Kier molecular flexibility index (Phi) is 6.13. The molecule has 0 unspecified atom stereocenters. The van der Waals surface area contributed by atoms with Gasteiger partial charge in [0.15, 0.2) is 0 Å². The molecule has 1 N–H and O–H groups in total. The Morgan fingerprint density at radius 2 is 1.87 bits per heavy atom. The van der Waals surface area contributed by atoms with Crippen LogP contribution < -0.4 is 5.32 Å². The lowest BCUT2D eigenvalue weighted by atomic mass is 9.81. The summed E-state index contributed by atoms with van der Waals surface area (Å²) in [6, 6.07) is 5.45. The first kappa shape index (κ1) is 20.9. The van der Waals surface area contributed by atoms with Gasteiger partial charge < -0.3 is 15.0 Å². The van der Waals surface area contributed by atoms with Crippen molar-refractivity contribution in [3.8, 4) is 0 Å². The van der Waals surface area contributed by atoms with Crippen LogP contribution in [0.5, 0.6) is 0 Å². The van der Waals surface area contributed by atoms with E-state index in [1.807, 2.05) is 4.90 Å². The summed E-state index contributed by atoms with van der Waals surface area (Å²) >= 11 is 0. The van der Waals surface area contributed by atoms with Crippen LogP contribution in [0.2, 0.25) is 0 Å². The summed E-state index contributed by atoms with van der Waals surface area (Å²) in [7, 11) is 0. The van der Waals surface area contributed by atoms with E-state index in [0.717, 1.165) is 50.0 Å². The summed E-state index contributed by atoms with van der Waals surface area (Å²) in [5.74, 6) is 0.795. The minimum atomic E-state index is -4.38. The Labute approximate surface area is 173 Å². The first-order valence-corrected chi connectivity index (χ1v) is 10.5. The maximum atomic E-state index is 12.9. The number of benzene rings is 1. The molecule has 2 fully saturated rings. The molecule has 1 saturated heterocycles. The molecule has 1 aromatic heterocycles. The first-order valence-electron chi connectivity index (χ1n) is 10.5. The number of nitrogens with one attached hydrogen (secondary N) is 1. The van der Waals surface area contributed by atoms with Crippen LogP contribution in [0.3, 0.4) is 0 Å². The van der Waals surface area contributed by atoms with Crippen LogP contribution >= 0.6 is 0 Å². The molecule has 8 heteroatoms. The molecule has 4 rings (SSSR count). The minimum absolute atomic E-state index is 0.0990. The van der Waals surface area contributed by atoms with Gasteiger partial charge >= 0.3 is 6.18 Å². The zero-order valence-corrected chi connectivity index (χ0v) is 16.8. The van der Waals surface area contributed by atoms with Crippen molar-refractivity contribution in [2.75, 3.05) is 38.2 Å². The summed E-state index contributed by atoms with van der Waals surface area (Å²) in [6.45, 7) is 3.35. The van der Waals surface area contributed by atoms with E-state index in [4.69, 9.17) is 4.74 Å². The number of hydrogen-bond donors (Lipinski definition) is 1. The topological polar surface area (TPSA) is 54.5 Å². The maximum Gasteiger partial charge on any atom is 0.416 e. The molecule has 1 aliphatic heterocycles. The molecule has 2 aliphatic rings. The fraction of sp³-hybridized carbons (Fsp3) is 0.545. The van der Waals surface area contributed by atoms with Gasteiger partial charge in [-0.25, -0.2) is 0 Å². The van der Waals surface area contributed by atoms with Crippen molar-refractivity contribution in [1.82, 2.24) is 9.88 Å². The van der Waals surface area contributed by atoms with E-state index in [2.05, 4.69) is 10.3 Å². The van der Waals surface area contributed by atoms with Crippen molar-refractivity contribution in [2.45, 2.75) is 31.9 Å². The zero-order valence-electron chi connectivity index (χ0n) is 16.8. The highest BCUT2D eigenvalue weighted by Crippen LogP contribution is 2.34. The number of anilines is 1. The SMILES string of the molecule is O=C([C@H]1CC[C@H](CNc2ccnc3cc(C(F)(F)F)ccc23)CC1)N1CCOCC1. The van der Waals surface area contributed by atoms with Crippen LogP contribution in [-0.4, -0.2) is 48.6 Å². The van der Waals surface area contributed by atoms with Gasteiger partial charge in [-0.15, -0.1) is 0 Å². The third kappa shape index (κ3) is 4.69. The standard InChI is InChI=1S/C22H26F3N3O2/c23-22(24,25)17-5-6-18-19(7-8-26-20(18)13-17)27-14-15-1-3-16(4-2-15)21(29)28-9-11-30-12-10-28/h5-8,13,15-16H,1-4,9-12,14H2,(H,26,27)/t15-,16-. The lowest BCUT2D eigenvalue weighted by Gasteiger charge is -2.34. The fourth-order valence-electron chi connectivity index (χ4n) is 4.39. The number of nitrogens with zero attached hydrogens (tertiary/aromatic N) is 2. The molecule has 0 atom stereocenters. The highest BCUT2D eigenvalue weighted by Gasteiger charge is 2.31. The van der Waals surface area contributed by atoms with Crippen molar-refractivity contribution < 1.29 is 22.7 Å². The van der Waals surface area contributed by atoms with E-state index < -0.39 is 11.7 Å². The Morgan fingerprint density at radius 1 is 1.13 bits per heavy atom. The third-order valence-electron chi connectivity index (χ3n) is 6.17. The monoisotopic (exact) mass is 421 g/mol. The van der Waals surface area contributed by atoms with Gasteiger partial charge in [0.05, 0.1) is 24.3 Å². The van der Waals surface area contributed by atoms with Crippen molar-refractivity contribution in [1.29, 1.82) is 0 Å². The number of amides is 1. The van der Waals surface area contributed by atoms with Crippen LogP contribution in [0.4, 0.5) is 18.9 Å². The third-order valence-corrected chi connectivity index (χ3v) is 6.17. The summed E-state index contributed by atoms with van der Waals surface area (Å²) in [4.78, 5) is 18.7. The molecule has 1 saturated carbocycles. The average molecular weight is 421 g/mol. The quantitative estimate of drug-likeness (QED) is 0.799. The highest BCUT2D eigenvalue weighted by molar-refractivity contribution is 5.91. The molecular weight excluding hydrogens is 395 g/mol. The van der Waals surface area contributed by atoms with Gasteiger partial charge in [0.25, 0.3) is 0 Å². The van der Waals surface area contributed by atoms with Crippen molar-refractivity contribution in [3.05, 3.63) is 36.0 Å². The van der Waals surface area contributed by atoms with Crippen LogP contribution in [0.1, 0.15) is 31.2 Å². The van der Waals surface area contributed by atoms with Gasteiger partial charge in [-0.05, 0) is 49.8 Å². The van der Waals surface area contributed by atoms with E-state index in [1.54, 1.807) is 6.07 Å². The van der Waals surface area contributed by atoms with E-state index in [9.17, 15) is 18.0 Å². The molecule has 0 radical (unpaired) electrons. The fourth-order valence-corrected chi connectivity index (χ4v) is 4.39. The van der Waals surface area contributed by atoms with Crippen LogP contribution in [-0.2, 0) is 15.7 Å². The molecular formula is C22H26F3N3O2. The number of hydrogen-bond acceptors (Lipinski definition) is 4. The average Bonchev–Trinajstić information content (AvgIpc) is 2.77. The molecule has 1 aliphatic carbocycles. The summed E-state index contributed by atoms with van der Waals surface area (Å²) in [5.41, 5.74) is 0.429. The molecule has 1 aromatic carbocycles. The van der Waals surface area contributed by atoms with Gasteiger partial charge in [0, 0.05) is 42.8 Å². The van der Waals surface area contributed by atoms with E-state index in [1.165, 1.54) is 12.3 Å². The smallest absolute Gasteiger partial charge is 0.384 e. The van der Waals surface area contributed by atoms with Gasteiger partial charge in [-0.3, -0.25) is 9.78 Å². The second-order valence-corrected chi connectivity index (χ2v) is 8.12. The number of halogens is 3. The largest absolute Gasteiger partial charge is 0.416 e. The first-order chi connectivity index (χ1) is 14.4. The van der Waals surface area contributed by atoms with E-state index in [0.29, 0.717) is 43.1 Å². The summed E-state index contributed by atoms with van der Waals surface area (Å²) in [5, 5.41) is 4.07. The number of aromatic nitrogens is 1. The van der Waals surface area contributed by atoms with Gasteiger partial charge in [-0.1, -0.05) is 6.07 Å². The zero-order chi connectivity index (χ0) is 21.1. The normalized spacial score (nSPS) is 22.8. The molecule has 2 heterocycles. The van der Waals surface area contributed by atoms with Crippen molar-refractivity contribution in [3.63, 3.8) is 0 Å². The lowest BCUT2D eigenvalue weighted by Crippen LogP contribution is -2.44. The predicted molar refractivity (Wildman–Crippen MR) is 108 cm³/mol. The molecule has 162 valence electrons. The number of rotatable bonds is 4. The molecule has 1 amide bonds. The Morgan fingerprint density at radius 3 is 2.57 bits per heavy atom. The maximum absolute atomic E-state index is 12.9. The number of morpholine rings is 1. The van der Waals surface area contributed by atoms with Crippen LogP contribution in [0.15, 0.2) is 30.5 Å². The summed E-state index contributed by atoms with van der Waals surface area (Å²) < 4.78 is 44.1. The highest BCUT2D eigenvalue weighted by atomic mass is 19.4. The molecule has 0 bridgehead atoms. The van der Waals surface area contributed by atoms with Gasteiger partial charge in [0.1, 0.15) is 0 Å². The second-order valence-electron chi connectivity index (χ2n) is 8.12. The minimum Gasteiger partial charge on any atom is -0.384 e. The molecule has 0 spiro atoms.